The SMILES string of the molecule is Fc1c(I)cc(OCc2ccccc2)cc1C(F)(F)F. The lowest BCUT2D eigenvalue weighted by molar-refractivity contribution is -0.140. The summed E-state index contributed by atoms with van der Waals surface area (Å²) in [4.78, 5) is 0. The van der Waals surface area contributed by atoms with Crippen LogP contribution < -0.4 is 4.74 Å². The average molecular weight is 396 g/mol. The van der Waals surface area contributed by atoms with E-state index >= 15 is 0 Å². The van der Waals surface area contributed by atoms with Gasteiger partial charge < -0.3 is 4.74 Å². The van der Waals surface area contributed by atoms with Gasteiger partial charge in [-0.3, -0.25) is 0 Å². The molecule has 0 aliphatic carbocycles. The van der Waals surface area contributed by atoms with E-state index in [0.29, 0.717) is 6.07 Å². The maximum Gasteiger partial charge on any atom is 0.419 e. The van der Waals surface area contributed by atoms with Gasteiger partial charge in [0, 0.05) is 0 Å². The zero-order valence-electron chi connectivity index (χ0n) is 10.0. The highest BCUT2D eigenvalue weighted by Gasteiger charge is 2.35. The van der Waals surface area contributed by atoms with Crippen LogP contribution in [0.4, 0.5) is 17.6 Å². The van der Waals surface area contributed by atoms with Crippen molar-refractivity contribution in [1.82, 2.24) is 0 Å². The Hall–Kier alpha value is -1.31. The molecule has 0 amide bonds. The van der Waals surface area contributed by atoms with Gasteiger partial charge in [-0.05, 0) is 40.3 Å². The molecule has 0 saturated carbocycles. The monoisotopic (exact) mass is 396 g/mol. The molecule has 0 aliphatic heterocycles. The van der Waals surface area contributed by atoms with Gasteiger partial charge in [0.1, 0.15) is 18.2 Å². The van der Waals surface area contributed by atoms with Crippen molar-refractivity contribution >= 4 is 22.6 Å². The van der Waals surface area contributed by atoms with Crippen molar-refractivity contribution in [2.45, 2.75) is 12.8 Å². The zero-order valence-corrected chi connectivity index (χ0v) is 12.2. The van der Waals surface area contributed by atoms with Crippen LogP contribution in [0.15, 0.2) is 42.5 Å². The van der Waals surface area contributed by atoms with Crippen LogP contribution in [0.1, 0.15) is 11.1 Å². The van der Waals surface area contributed by atoms with E-state index in [1.54, 1.807) is 24.3 Å². The van der Waals surface area contributed by atoms with Crippen LogP contribution in [0.3, 0.4) is 0 Å². The van der Waals surface area contributed by atoms with Crippen LogP contribution in [0.5, 0.6) is 5.75 Å². The highest BCUT2D eigenvalue weighted by Crippen LogP contribution is 2.35. The fourth-order valence-corrected chi connectivity index (χ4v) is 2.19. The number of ether oxygens (including phenoxy) is 1. The lowest BCUT2D eigenvalue weighted by Crippen LogP contribution is -2.10. The summed E-state index contributed by atoms with van der Waals surface area (Å²) in [5.74, 6) is -1.28. The molecule has 106 valence electrons. The molecule has 0 bridgehead atoms. The van der Waals surface area contributed by atoms with Crippen LogP contribution in [-0.2, 0) is 12.8 Å². The van der Waals surface area contributed by atoms with E-state index in [2.05, 4.69) is 0 Å². The molecule has 0 aromatic heterocycles. The molecule has 0 spiro atoms. The van der Waals surface area contributed by atoms with E-state index in [1.807, 2.05) is 6.07 Å². The molecule has 2 aromatic rings. The molecule has 0 aliphatic rings. The largest absolute Gasteiger partial charge is 0.489 e. The Labute approximate surface area is 126 Å². The first kappa shape index (κ1) is 15.1. The fourth-order valence-electron chi connectivity index (χ4n) is 1.59. The standard InChI is InChI=1S/C14H9F4IO/c15-13-11(14(16,17)18)6-10(7-12(13)19)20-8-9-4-2-1-3-5-9/h1-7H,8H2. The summed E-state index contributed by atoms with van der Waals surface area (Å²) in [7, 11) is 0. The number of hydrogen-bond acceptors (Lipinski definition) is 1. The van der Waals surface area contributed by atoms with Gasteiger partial charge in [0.25, 0.3) is 0 Å². The Morgan fingerprint density at radius 3 is 2.30 bits per heavy atom. The third-order valence-electron chi connectivity index (χ3n) is 2.56. The van der Waals surface area contributed by atoms with E-state index in [1.165, 1.54) is 28.7 Å². The third kappa shape index (κ3) is 3.62. The predicted octanol–water partition coefficient (Wildman–Crippen LogP) is 5.03. The summed E-state index contributed by atoms with van der Waals surface area (Å²) in [5.41, 5.74) is -0.493. The van der Waals surface area contributed by atoms with Gasteiger partial charge in [0.05, 0.1) is 9.13 Å². The van der Waals surface area contributed by atoms with Gasteiger partial charge in [-0.2, -0.15) is 13.2 Å². The second kappa shape index (κ2) is 5.99. The van der Waals surface area contributed by atoms with Gasteiger partial charge in [-0.15, -0.1) is 0 Å². The number of benzene rings is 2. The van der Waals surface area contributed by atoms with Crippen molar-refractivity contribution in [3.05, 3.63) is 63.0 Å². The summed E-state index contributed by atoms with van der Waals surface area (Å²) in [5, 5.41) is 0. The molecule has 0 unspecified atom stereocenters. The van der Waals surface area contributed by atoms with Crippen molar-refractivity contribution in [1.29, 1.82) is 0 Å². The first-order chi connectivity index (χ1) is 9.38. The Bertz CT molecular complexity index is 596. The molecule has 2 rings (SSSR count). The maximum atomic E-state index is 13.5. The summed E-state index contributed by atoms with van der Waals surface area (Å²) in [6.07, 6.45) is -4.74. The highest BCUT2D eigenvalue weighted by atomic mass is 127. The number of rotatable bonds is 3. The minimum absolute atomic E-state index is 0.00743. The van der Waals surface area contributed by atoms with E-state index in [4.69, 9.17) is 4.74 Å². The minimum Gasteiger partial charge on any atom is -0.489 e. The molecule has 6 heteroatoms. The Balaban J connectivity index is 2.23. The van der Waals surface area contributed by atoms with Gasteiger partial charge >= 0.3 is 6.18 Å². The van der Waals surface area contributed by atoms with Crippen LogP contribution in [0.25, 0.3) is 0 Å². The van der Waals surface area contributed by atoms with Gasteiger partial charge in [0.15, 0.2) is 0 Å². The van der Waals surface area contributed by atoms with Crippen molar-refractivity contribution in [3.63, 3.8) is 0 Å². The summed E-state index contributed by atoms with van der Waals surface area (Å²) in [6, 6.07) is 10.9. The first-order valence-electron chi connectivity index (χ1n) is 5.61. The first-order valence-corrected chi connectivity index (χ1v) is 6.69. The smallest absolute Gasteiger partial charge is 0.419 e. The van der Waals surface area contributed by atoms with Crippen molar-refractivity contribution < 1.29 is 22.3 Å². The zero-order chi connectivity index (χ0) is 14.8. The number of halogens is 5. The normalized spacial score (nSPS) is 11.4. The summed E-state index contributed by atoms with van der Waals surface area (Å²) in [6.45, 7) is 0.125. The second-order valence-electron chi connectivity index (χ2n) is 4.04. The van der Waals surface area contributed by atoms with Crippen LogP contribution in [0, 0.1) is 9.39 Å². The molecule has 2 aromatic carbocycles. The van der Waals surface area contributed by atoms with Crippen molar-refractivity contribution in [3.8, 4) is 5.75 Å². The lowest BCUT2D eigenvalue weighted by atomic mass is 10.2. The van der Waals surface area contributed by atoms with Crippen LogP contribution in [-0.4, -0.2) is 0 Å². The molecule has 0 saturated heterocycles. The Morgan fingerprint density at radius 2 is 1.70 bits per heavy atom. The molecule has 0 atom stereocenters. The van der Waals surface area contributed by atoms with Crippen molar-refractivity contribution in [2.75, 3.05) is 0 Å². The topological polar surface area (TPSA) is 9.23 Å². The Kier molecular flexibility index (Phi) is 4.52. The fraction of sp³-hybridized carbons (Fsp3) is 0.143. The number of hydrogen-bond donors (Lipinski definition) is 0. The average Bonchev–Trinajstić information content (AvgIpc) is 2.40. The second-order valence-corrected chi connectivity index (χ2v) is 5.20. The highest BCUT2D eigenvalue weighted by molar-refractivity contribution is 14.1. The predicted molar refractivity (Wildman–Crippen MR) is 74.9 cm³/mol. The van der Waals surface area contributed by atoms with E-state index in [0.717, 1.165) is 5.56 Å². The molecule has 0 radical (unpaired) electrons. The molecule has 0 fully saturated rings. The molecular formula is C14H9F4IO. The van der Waals surface area contributed by atoms with Gasteiger partial charge in [0.2, 0.25) is 0 Å². The molecular weight excluding hydrogens is 387 g/mol. The molecule has 0 N–H and O–H groups in total. The summed E-state index contributed by atoms with van der Waals surface area (Å²) < 4.78 is 56.6. The van der Waals surface area contributed by atoms with Gasteiger partial charge in [-0.1, -0.05) is 30.3 Å². The Morgan fingerprint density at radius 1 is 1.05 bits per heavy atom. The van der Waals surface area contributed by atoms with Crippen molar-refractivity contribution in [2.24, 2.45) is 0 Å². The maximum absolute atomic E-state index is 13.5. The third-order valence-corrected chi connectivity index (χ3v) is 3.34. The van der Waals surface area contributed by atoms with Crippen LogP contribution in [0.2, 0.25) is 0 Å². The van der Waals surface area contributed by atoms with Gasteiger partial charge in [-0.25, -0.2) is 4.39 Å². The van der Waals surface area contributed by atoms with E-state index in [9.17, 15) is 17.6 Å². The molecule has 1 nitrogen and oxygen atoms in total. The number of alkyl halides is 3. The van der Waals surface area contributed by atoms with E-state index < -0.39 is 17.6 Å². The molecule has 20 heavy (non-hydrogen) atoms. The molecule has 0 heterocycles. The minimum atomic E-state index is -4.74. The lowest BCUT2D eigenvalue weighted by Gasteiger charge is -2.12. The van der Waals surface area contributed by atoms with E-state index in [-0.39, 0.29) is 15.9 Å². The summed E-state index contributed by atoms with van der Waals surface area (Å²) >= 11 is 1.51. The van der Waals surface area contributed by atoms with Crippen LogP contribution >= 0.6 is 22.6 Å². The quantitative estimate of drug-likeness (QED) is 0.523.